The van der Waals surface area contributed by atoms with Crippen molar-refractivity contribution in [2.75, 3.05) is 14.2 Å². The summed E-state index contributed by atoms with van der Waals surface area (Å²) in [5, 5.41) is 11.5. The van der Waals surface area contributed by atoms with Gasteiger partial charge in [-0.3, -0.25) is 9.78 Å². The number of amidine groups is 1. The molecule has 0 aliphatic carbocycles. The normalized spacial score (nSPS) is 12.9. The van der Waals surface area contributed by atoms with Gasteiger partial charge in [0.1, 0.15) is 5.75 Å². The molecule has 1 aromatic heterocycles. The lowest BCUT2D eigenvalue weighted by Gasteiger charge is -2.24. The number of amides is 1. The summed E-state index contributed by atoms with van der Waals surface area (Å²) in [6, 6.07) is 1.02. The number of likely N-dealkylation sites (N-methyl/N-ethyl adjacent to an activating group) is 1. The average Bonchev–Trinajstić information content (AvgIpc) is 2.43. The first-order valence-corrected chi connectivity index (χ1v) is 5.25. The molecular weight excluding hydrogens is 236 g/mol. The molecule has 0 radical (unpaired) electrons. The van der Waals surface area contributed by atoms with E-state index in [-0.39, 0.29) is 11.7 Å². The van der Waals surface area contributed by atoms with Crippen LogP contribution in [0.4, 0.5) is 0 Å². The lowest BCUT2D eigenvalue weighted by molar-refractivity contribution is 0.0772. The van der Waals surface area contributed by atoms with E-state index in [4.69, 9.17) is 15.7 Å². The van der Waals surface area contributed by atoms with E-state index in [1.807, 2.05) is 0 Å². The lowest BCUT2D eigenvalue weighted by Crippen LogP contribution is -2.43. The number of ether oxygens (including phenoxy) is 1. The first-order chi connectivity index (χ1) is 8.52. The van der Waals surface area contributed by atoms with Crippen LogP contribution < -0.4 is 10.5 Å². The number of carbonyl (C=O) groups is 1. The minimum atomic E-state index is -0.527. The standard InChI is InChI=1S/C11H16N4O3/c1-7(10(12)14-17)15(2)11(16)8-4-5-13-6-9(8)18-3/h4-7,17H,1-3H3,(H2,12,14). The number of rotatable bonds is 4. The van der Waals surface area contributed by atoms with Crippen molar-refractivity contribution in [2.24, 2.45) is 10.9 Å². The largest absolute Gasteiger partial charge is 0.494 e. The maximum Gasteiger partial charge on any atom is 0.258 e. The molecule has 3 N–H and O–H groups in total. The number of pyridine rings is 1. The minimum Gasteiger partial charge on any atom is -0.494 e. The van der Waals surface area contributed by atoms with Gasteiger partial charge in [0.25, 0.3) is 5.91 Å². The zero-order valence-electron chi connectivity index (χ0n) is 10.5. The summed E-state index contributed by atoms with van der Waals surface area (Å²) < 4.78 is 5.06. The van der Waals surface area contributed by atoms with Crippen molar-refractivity contribution < 1.29 is 14.7 Å². The van der Waals surface area contributed by atoms with Gasteiger partial charge in [-0.2, -0.15) is 0 Å². The Morgan fingerprint density at radius 3 is 2.89 bits per heavy atom. The molecule has 0 aromatic carbocycles. The molecule has 1 heterocycles. The topological polar surface area (TPSA) is 101 Å². The van der Waals surface area contributed by atoms with Crippen LogP contribution in [-0.4, -0.2) is 47.0 Å². The highest BCUT2D eigenvalue weighted by Crippen LogP contribution is 2.18. The molecule has 0 fully saturated rings. The fourth-order valence-electron chi connectivity index (χ4n) is 1.37. The van der Waals surface area contributed by atoms with Gasteiger partial charge >= 0.3 is 0 Å². The van der Waals surface area contributed by atoms with E-state index in [1.54, 1.807) is 20.0 Å². The second-order valence-corrected chi connectivity index (χ2v) is 3.69. The fraction of sp³-hybridized carbons (Fsp3) is 0.364. The Hall–Kier alpha value is -2.31. The van der Waals surface area contributed by atoms with E-state index in [9.17, 15) is 4.79 Å². The quantitative estimate of drug-likeness (QED) is 0.347. The van der Waals surface area contributed by atoms with Crippen LogP contribution >= 0.6 is 0 Å². The zero-order valence-corrected chi connectivity index (χ0v) is 10.5. The third-order valence-electron chi connectivity index (χ3n) is 2.68. The van der Waals surface area contributed by atoms with Crippen LogP contribution in [0.2, 0.25) is 0 Å². The Kier molecular flexibility index (Phi) is 4.47. The van der Waals surface area contributed by atoms with Crippen LogP contribution in [-0.2, 0) is 0 Å². The van der Waals surface area contributed by atoms with Gasteiger partial charge in [-0.15, -0.1) is 0 Å². The first-order valence-electron chi connectivity index (χ1n) is 5.25. The molecule has 98 valence electrons. The number of carbonyl (C=O) groups excluding carboxylic acids is 1. The first kappa shape index (κ1) is 13.8. The molecule has 7 heteroatoms. The molecule has 1 aromatic rings. The van der Waals surface area contributed by atoms with Gasteiger partial charge in [-0.05, 0) is 13.0 Å². The van der Waals surface area contributed by atoms with E-state index in [2.05, 4.69) is 10.1 Å². The van der Waals surface area contributed by atoms with Crippen molar-refractivity contribution in [2.45, 2.75) is 13.0 Å². The number of aromatic nitrogens is 1. The summed E-state index contributed by atoms with van der Waals surface area (Å²) >= 11 is 0. The minimum absolute atomic E-state index is 0.0427. The monoisotopic (exact) mass is 252 g/mol. The number of nitrogens with zero attached hydrogens (tertiary/aromatic N) is 3. The Balaban J connectivity index is 3.00. The third-order valence-corrected chi connectivity index (χ3v) is 2.68. The highest BCUT2D eigenvalue weighted by atomic mass is 16.5. The average molecular weight is 252 g/mol. The molecule has 1 rings (SSSR count). The molecule has 1 unspecified atom stereocenters. The highest BCUT2D eigenvalue weighted by Gasteiger charge is 2.23. The summed E-state index contributed by atoms with van der Waals surface area (Å²) in [5.41, 5.74) is 5.83. The van der Waals surface area contributed by atoms with Crippen molar-refractivity contribution in [1.82, 2.24) is 9.88 Å². The Morgan fingerprint density at radius 1 is 1.67 bits per heavy atom. The van der Waals surface area contributed by atoms with Gasteiger partial charge in [0, 0.05) is 13.2 Å². The Labute approximate surface area is 105 Å². The maximum absolute atomic E-state index is 12.2. The van der Waals surface area contributed by atoms with Gasteiger partial charge < -0.3 is 20.6 Å². The molecule has 7 nitrogen and oxygen atoms in total. The lowest BCUT2D eigenvalue weighted by atomic mass is 10.2. The van der Waals surface area contributed by atoms with Gasteiger partial charge in [0.15, 0.2) is 5.84 Å². The number of methoxy groups -OCH3 is 1. The van der Waals surface area contributed by atoms with Gasteiger partial charge in [0.05, 0.1) is 24.9 Å². The molecule has 0 spiro atoms. The van der Waals surface area contributed by atoms with Crippen molar-refractivity contribution in [3.8, 4) is 5.75 Å². The summed E-state index contributed by atoms with van der Waals surface area (Å²) in [5.74, 6) is 0.0354. The maximum atomic E-state index is 12.2. The molecule has 0 aliphatic rings. The molecular formula is C11H16N4O3. The fourth-order valence-corrected chi connectivity index (χ4v) is 1.37. The van der Waals surface area contributed by atoms with E-state index in [0.717, 1.165) is 0 Å². The van der Waals surface area contributed by atoms with Crippen LogP contribution in [0.5, 0.6) is 5.75 Å². The molecule has 1 atom stereocenters. The van der Waals surface area contributed by atoms with E-state index < -0.39 is 6.04 Å². The second-order valence-electron chi connectivity index (χ2n) is 3.69. The van der Waals surface area contributed by atoms with Crippen LogP contribution in [0.15, 0.2) is 23.6 Å². The third kappa shape index (κ3) is 2.68. The van der Waals surface area contributed by atoms with Crippen molar-refractivity contribution in [3.63, 3.8) is 0 Å². The van der Waals surface area contributed by atoms with Crippen LogP contribution in [0, 0.1) is 0 Å². The zero-order chi connectivity index (χ0) is 13.7. The number of nitrogens with two attached hydrogens (primary N) is 1. The van der Waals surface area contributed by atoms with Crippen molar-refractivity contribution in [1.29, 1.82) is 0 Å². The number of hydrogen-bond acceptors (Lipinski definition) is 5. The van der Waals surface area contributed by atoms with E-state index in [0.29, 0.717) is 11.3 Å². The summed E-state index contributed by atoms with van der Waals surface area (Å²) in [6.07, 6.45) is 2.95. The van der Waals surface area contributed by atoms with E-state index in [1.165, 1.54) is 24.4 Å². The number of oxime groups is 1. The van der Waals surface area contributed by atoms with Crippen molar-refractivity contribution in [3.05, 3.63) is 24.0 Å². The van der Waals surface area contributed by atoms with Crippen LogP contribution in [0.3, 0.4) is 0 Å². The van der Waals surface area contributed by atoms with Crippen molar-refractivity contribution >= 4 is 11.7 Å². The highest BCUT2D eigenvalue weighted by molar-refractivity contribution is 5.99. The summed E-state index contributed by atoms with van der Waals surface area (Å²) in [7, 11) is 3.02. The summed E-state index contributed by atoms with van der Waals surface area (Å²) in [6.45, 7) is 1.65. The van der Waals surface area contributed by atoms with E-state index >= 15 is 0 Å². The second kappa shape index (κ2) is 5.85. The number of hydrogen-bond donors (Lipinski definition) is 2. The SMILES string of the molecule is COc1cnccc1C(=O)N(C)C(C)/C(N)=N/O. The van der Waals surface area contributed by atoms with Gasteiger partial charge in [-0.25, -0.2) is 0 Å². The molecule has 0 aliphatic heterocycles. The van der Waals surface area contributed by atoms with Crippen LogP contribution in [0.25, 0.3) is 0 Å². The molecule has 0 saturated heterocycles. The van der Waals surface area contributed by atoms with Gasteiger partial charge in [0.2, 0.25) is 0 Å². The van der Waals surface area contributed by atoms with Crippen LogP contribution in [0.1, 0.15) is 17.3 Å². The molecule has 0 bridgehead atoms. The summed E-state index contributed by atoms with van der Waals surface area (Å²) in [4.78, 5) is 17.4. The Morgan fingerprint density at radius 2 is 2.33 bits per heavy atom. The smallest absolute Gasteiger partial charge is 0.258 e. The molecule has 18 heavy (non-hydrogen) atoms. The van der Waals surface area contributed by atoms with Gasteiger partial charge in [-0.1, -0.05) is 5.16 Å². The molecule has 0 saturated carbocycles. The predicted molar refractivity (Wildman–Crippen MR) is 65.8 cm³/mol. The predicted octanol–water partition coefficient (Wildman–Crippen LogP) is 0.297. The molecule has 1 amide bonds. The Bertz CT molecular complexity index is 461.